The lowest BCUT2D eigenvalue weighted by molar-refractivity contribution is 1.45. The third-order valence-electron chi connectivity index (χ3n) is 0.444. The van der Waals surface area contributed by atoms with E-state index in [0.29, 0.717) is 5.57 Å². The molecule has 0 aliphatic carbocycles. The predicted molar refractivity (Wildman–Crippen MR) is 27.5 cm³/mol. The largest absolute Gasteiger partial charge is 0.192 e. The number of allylic oxidation sites excluding steroid dienone is 1. The molecular formula is C6H5N. The standard InChI is InChI=1S/C6H5N/c1-3-4-6(2)5-7/h1H2,2H3. The Labute approximate surface area is 42.9 Å². The highest BCUT2D eigenvalue weighted by Crippen LogP contribution is 1.79. The molecule has 1 heteroatoms. The van der Waals surface area contributed by atoms with Gasteiger partial charge in [-0.05, 0) is 13.5 Å². The Kier molecular flexibility index (Phi) is 2.48. The zero-order chi connectivity index (χ0) is 5.70. The second-order valence-corrected chi connectivity index (χ2v) is 1.04. The molecule has 1 nitrogen and oxygen atoms in total. The first-order chi connectivity index (χ1) is 3.31. The van der Waals surface area contributed by atoms with Crippen molar-refractivity contribution in [1.82, 2.24) is 0 Å². The van der Waals surface area contributed by atoms with Crippen molar-refractivity contribution in [2.24, 2.45) is 0 Å². The maximum absolute atomic E-state index is 8.05. The van der Waals surface area contributed by atoms with E-state index in [2.05, 4.69) is 18.0 Å². The minimum atomic E-state index is 0.509. The average molecular weight is 91.1 g/mol. The average Bonchev–Trinajstić information content (AvgIpc) is 1.68. The summed E-state index contributed by atoms with van der Waals surface area (Å²) in [4.78, 5) is 0. The summed E-state index contributed by atoms with van der Waals surface area (Å²) in [5, 5.41) is 8.05. The Morgan fingerprint density at radius 2 is 2.29 bits per heavy atom. The van der Waals surface area contributed by atoms with E-state index >= 15 is 0 Å². The van der Waals surface area contributed by atoms with Crippen molar-refractivity contribution < 1.29 is 0 Å². The van der Waals surface area contributed by atoms with Crippen molar-refractivity contribution >= 4 is 0 Å². The fraction of sp³-hybridized carbons (Fsp3) is 0.167. The van der Waals surface area contributed by atoms with E-state index in [-0.39, 0.29) is 0 Å². The van der Waals surface area contributed by atoms with Gasteiger partial charge >= 0.3 is 0 Å². The molecule has 0 saturated heterocycles. The fourth-order valence-electron chi connectivity index (χ4n) is 0.161. The van der Waals surface area contributed by atoms with Gasteiger partial charge in [-0.25, -0.2) is 0 Å². The monoisotopic (exact) mass is 91.0 g/mol. The molecule has 0 atom stereocenters. The lowest BCUT2D eigenvalue weighted by atomic mass is 10.4. The Morgan fingerprint density at radius 3 is 2.43 bits per heavy atom. The van der Waals surface area contributed by atoms with Crippen LogP contribution in [0.25, 0.3) is 0 Å². The van der Waals surface area contributed by atoms with Gasteiger partial charge in [0.25, 0.3) is 0 Å². The minimum absolute atomic E-state index is 0.509. The Morgan fingerprint density at radius 1 is 1.71 bits per heavy atom. The Hall–Kier alpha value is -1.21. The molecule has 34 valence electrons. The van der Waals surface area contributed by atoms with Gasteiger partial charge in [0.1, 0.15) is 6.07 Å². The van der Waals surface area contributed by atoms with Gasteiger partial charge in [-0.1, -0.05) is 11.5 Å². The second-order valence-electron chi connectivity index (χ2n) is 1.04. The predicted octanol–water partition coefficient (Wildman–Crippen LogP) is 1.40. The van der Waals surface area contributed by atoms with Crippen LogP contribution in [-0.2, 0) is 0 Å². The first-order valence-electron chi connectivity index (χ1n) is 1.83. The SMILES string of the molecule is C=C=C=C(C)C#N. The lowest BCUT2D eigenvalue weighted by Gasteiger charge is -1.63. The zero-order valence-corrected chi connectivity index (χ0v) is 4.15. The summed E-state index contributed by atoms with van der Waals surface area (Å²) in [5.41, 5.74) is 5.36. The van der Waals surface area contributed by atoms with Crippen LogP contribution in [0.3, 0.4) is 0 Å². The molecule has 0 aliphatic heterocycles. The Bertz CT molecular complexity index is 171. The van der Waals surface area contributed by atoms with Crippen LogP contribution in [0.15, 0.2) is 23.6 Å². The van der Waals surface area contributed by atoms with E-state index in [0.717, 1.165) is 0 Å². The molecule has 0 aromatic rings. The number of nitriles is 1. The Balaban J connectivity index is 4.42. The van der Waals surface area contributed by atoms with Crippen LogP contribution in [0, 0.1) is 11.3 Å². The van der Waals surface area contributed by atoms with Crippen LogP contribution < -0.4 is 0 Å². The zero-order valence-electron chi connectivity index (χ0n) is 4.15. The second kappa shape index (κ2) is 3.00. The first-order valence-corrected chi connectivity index (χ1v) is 1.83. The summed E-state index contributed by atoms with van der Waals surface area (Å²) >= 11 is 0. The van der Waals surface area contributed by atoms with Crippen molar-refractivity contribution in [3.8, 4) is 6.07 Å². The van der Waals surface area contributed by atoms with Crippen LogP contribution in [0.1, 0.15) is 6.92 Å². The molecule has 7 heavy (non-hydrogen) atoms. The highest BCUT2D eigenvalue weighted by molar-refractivity contribution is 5.15. The van der Waals surface area contributed by atoms with E-state index in [9.17, 15) is 0 Å². The fourth-order valence-corrected chi connectivity index (χ4v) is 0.161. The highest BCUT2D eigenvalue weighted by Gasteiger charge is 1.71. The highest BCUT2D eigenvalue weighted by atomic mass is 14.2. The number of nitrogens with zero attached hydrogens (tertiary/aromatic N) is 1. The minimum Gasteiger partial charge on any atom is -0.192 e. The molecule has 0 fully saturated rings. The van der Waals surface area contributed by atoms with E-state index in [1.807, 2.05) is 6.07 Å². The van der Waals surface area contributed by atoms with Crippen LogP contribution >= 0.6 is 0 Å². The van der Waals surface area contributed by atoms with Gasteiger partial charge < -0.3 is 0 Å². The molecule has 0 spiro atoms. The van der Waals surface area contributed by atoms with Gasteiger partial charge in [-0.3, -0.25) is 0 Å². The smallest absolute Gasteiger partial charge is 0.104 e. The van der Waals surface area contributed by atoms with Crippen LogP contribution in [0.4, 0.5) is 0 Å². The molecule has 0 bridgehead atoms. The van der Waals surface area contributed by atoms with E-state index in [1.165, 1.54) is 0 Å². The summed E-state index contributed by atoms with van der Waals surface area (Å²) in [6, 6.07) is 1.87. The summed E-state index contributed by atoms with van der Waals surface area (Å²) in [6.45, 7) is 4.89. The van der Waals surface area contributed by atoms with E-state index in [1.54, 1.807) is 6.92 Å². The van der Waals surface area contributed by atoms with Crippen molar-refractivity contribution in [3.05, 3.63) is 23.6 Å². The number of hydrogen-bond acceptors (Lipinski definition) is 1. The molecule has 0 amide bonds. The molecule has 0 N–H and O–H groups in total. The molecule has 0 radical (unpaired) electrons. The van der Waals surface area contributed by atoms with Gasteiger partial charge in [0, 0.05) is 0 Å². The molecule has 0 aromatic heterocycles. The summed E-state index contributed by atoms with van der Waals surface area (Å²) in [7, 11) is 0. The van der Waals surface area contributed by atoms with Gasteiger partial charge in [0.05, 0.1) is 5.57 Å². The van der Waals surface area contributed by atoms with Gasteiger partial charge in [-0.15, -0.1) is 0 Å². The van der Waals surface area contributed by atoms with Crippen molar-refractivity contribution in [2.45, 2.75) is 6.92 Å². The van der Waals surface area contributed by atoms with Crippen molar-refractivity contribution in [1.29, 1.82) is 5.26 Å². The maximum Gasteiger partial charge on any atom is 0.104 e. The van der Waals surface area contributed by atoms with Crippen LogP contribution in [0.2, 0.25) is 0 Å². The number of hydrogen-bond donors (Lipinski definition) is 0. The van der Waals surface area contributed by atoms with Crippen molar-refractivity contribution in [2.75, 3.05) is 0 Å². The number of rotatable bonds is 0. The first kappa shape index (κ1) is 5.79. The molecular weight excluding hydrogens is 86.1 g/mol. The topological polar surface area (TPSA) is 23.8 Å². The van der Waals surface area contributed by atoms with Crippen LogP contribution in [0.5, 0.6) is 0 Å². The van der Waals surface area contributed by atoms with E-state index < -0.39 is 0 Å². The van der Waals surface area contributed by atoms with Gasteiger partial charge in [-0.2, -0.15) is 5.26 Å². The van der Waals surface area contributed by atoms with Gasteiger partial charge in [0.15, 0.2) is 0 Å². The molecule has 0 saturated carbocycles. The van der Waals surface area contributed by atoms with Gasteiger partial charge in [0.2, 0.25) is 0 Å². The maximum atomic E-state index is 8.05. The quantitative estimate of drug-likeness (QED) is 0.326. The summed E-state index contributed by atoms with van der Waals surface area (Å²) in [6.07, 6.45) is 0. The molecule has 0 rings (SSSR count). The third kappa shape index (κ3) is 2.60. The molecule has 0 aliphatic rings. The molecule has 0 heterocycles. The third-order valence-corrected chi connectivity index (χ3v) is 0.444. The summed E-state index contributed by atoms with van der Waals surface area (Å²) < 4.78 is 0. The molecule has 0 aromatic carbocycles. The summed E-state index contributed by atoms with van der Waals surface area (Å²) in [5.74, 6) is 0. The molecule has 0 unspecified atom stereocenters. The van der Waals surface area contributed by atoms with Crippen molar-refractivity contribution in [3.63, 3.8) is 0 Å². The normalized spacial score (nSPS) is 5.14. The van der Waals surface area contributed by atoms with E-state index in [4.69, 9.17) is 5.26 Å². The van der Waals surface area contributed by atoms with Crippen LogP contribution in [-0.4, -0.2) is 0 Å². The lowest BCUT2D eigenvalue weighted by Crippen LogP contribution is -1.55.